The molecule has 2 unspecified atom stereocenters. The second kappa shape index (κ2) is 6.55. The third kappa shape index (κ3) is 3.02. The molecule has 2 atom stereocenters. The van der Waals surface area contributed by atoms with Gasteiger partial charge in [0.2, 0.25) is 0 Å². The minimum absolute atomic E-state index is 0.00161. The van der Waals surface area contributed by atoms with Crippen LogP contribution in [0.5, 0.6) is 5.75 Å². The molecule has 0 saturated heterocycles. The predicted octanol–water partition coefficient (Wildman–Crippen LogP) is 4.59. The van der Waals surface area contributed by atoms with Crippen molar-refractivity contribution >= 4 is 17.9 Å². The van der Waals surface area contributed by atoms with Crippen molar-refractivity contribution in [2.45, 2.75) is 51.0 Å². The van der Waals surface area contributed by atoms with Crippen molar-refractivity contribution in [2.24, 2.45) is 5.41 Å². The Hall–Kier alpha value is -2.02. The van der Waals surface area contributed by atoms with Gasteiger partial charge in [-0.15, -0.1) is 0 Å². The summed E-state index contributed by atoms with van der Waals surface area (Å²) in [5.41, 5.74) is -0.122. The molecule has 1 fully saturated rings. The fourth-order valence-electron chi connectivity index (χ4n) is 4.35. The van der Waals surface area contributed by atoms with E-state index in [1.165, 1.54) is 4.68 Å². The monoisotopic (exact) mass is 395 g/mol. The third-order valence-electron chi connectivity index (χ3n) is 5.82. The van der Waals surface area contributed by atoms with Gasteiger partial charge in [0.25, 0.3) is 0 Å². The van der Waals surface area contributed by atoms with Gasteiger partial charge in [-0.2, -0.15) is 13.9 Å². The fraction of sp³-hybridized carbons (Fsp3) is 0.526. The molecular formula is C19H20ClF2N3O2. The summed E-state index contributed by atoms with van der Waals surface area (Å²) in [6.07, 6.45) is 6.95. The van der Waals surface area contributed by atoms with E-state index in [9.17, 15) is 4.79 Å². The number of halogens is 3. The predicted molar refractivity (Wildman–Crippen MR) is 95.6 cm³/mol. The molecule has 4 rings (SSSR count). The number of carbonyl (C=O) groups excluding carboxylic acids is 1. The summed E-state index contributed by atoms with van der Waals surface area (Å²) in [7, 11) is 0. The van der Waals surface area contributed by atoms with E-state index in [-0.39, 0.29) is 34.3 Å². The molecule has 144 valence electrons. The van der Waals surface area contributed by atoms with Crippen molar-refractivity contribution < 1.29 is 18.3 Å². The number of alkyl halides is 2. The zero-order chi connectivity index (χ0) is 19.2. The topological polar surface area (TPSA) is 57.0 Å². The van der Waals surface area contributed by atoms with Crippen molar-refractivity contribution in [2.75, 3.05) is 6.61 Å². The van der Waals surface area contributed by atoms with Crippen molar-refractivity contribution in [1.29, 1.82) is 0 Å². The number of pyridine rings is 1. The molecular weight excluding hydrogens is 376 g/mol. The fourth-order valence-corrected chi connectivity index (χ4v) is 4.53. The lowest BCUT2D eigenvalue weighted by Crippen LogP contribution is -2.38. The van der Waals surface area contributed by atoms with Crippen LogP contribution in [-0.4, -0.2) is 27.7 Å². The van der Waals surface area contributed by atoms with Gasteiger partial charge in [0, 0.05) is 29.4 Å². The Kier molecular flexibility index (Phi) is 4.45. The standard InChI is InChI=1S/C19H20ClF2N3O2/c1-18-6-3-2-4-13(18)15-5-7-24-25(15)10-19(21,22)17-16(27-11-18)12(9-26)14(20)8-23-17/h5,7-9,13H,2-4,6,10-11H2,1H3. The Balaban J connectivity index is 1.91. The minimum Gasteiger partial charge on any atom is -0.490 e. The third-order valence-corrected chi connectivity index (χ3v) is 6.12. The highest BCUT2D eigenvalue weighted by molar-refractivity contribution is 6.33. The van der Waals surface area contributed by atoms with Gasteiger partial charge in [-0.1, -0.05) is 31.4 Å². The highest BCUT2D eigenvalue weighted by Gasteiger charge is 2.45. The van der Waals surface area contributed by atoms with Gasteiger partial charge in [0.05, 0.1) is 17.2 Å². The summed E-state index contributed by atoms with van der Waals surface area (Å²) in [5.74, 6) is -3.53. The van der Waals surface area contributed by atoms with Crippen LogP contribution in [0.2, 0.25) is 5.02 Å². The number of hydrogen-bond acceptors (Lipinski definition) is 4. The van der Waals surface area contributed by atoms with Crippen LogP contribution in [0.4, 0.5) is 8.78 Å². The quantitative estimate of drug-likeness (QED) is 0.662. The normalized spacial score (nSPS) is 26.9. The van der Waals surface area contributed by atoms with E-state index in [2.05, 4.69) is 17.0 Å². The van der Waals surface area contributed by atoms with Crippen LogP contribution in [0.3, 0.4) is 0 Å². The first-order valence-corrected chi connectivity index (χ1v) is 9.40. The second-order valence-electron chi connectivity index (χ2n) is 7.67. The van der Waals surface area contributed by atoms with E-state index in [0.29, 0.717) is 6.29 Å². The van der Waals surface area contributed by atoms with Crippen LogP contribution in [0, 0.1) is 5.41 Å². The number of ether oxygens (including phenoxy) is 1. The smallest absolute Gasteiger partial charge is 0.312 e. The average Bonchev–Trinajstić information content (AvgIpc) is 3.06. The maximum Gasteiger partial charge on any atom is 0.312 e. The van der Waals surface area contributed by atoms with E-state index in [4.69, 9.17) is 16.3 Å². The zero-order valence-electron chi connectivity index (χ0n) is 14.9. The number of rotatable bonds is 1. The number of carbonyl (C=O) groups is 1. The highest BCUT2D eigenvalue weighted by atomic mass is 35.5. The first-order chi connectivity index (χ1) is 12.9. The summed E-state index contributed by atoms with van der Waals surface area (Å²) >= 11 is 6.02. The largest absolute Gasteiger partial charge is 0.490 e. The Morgan fingerprint density at radius 2 is 2.22 bits per heavy atom. The van der Waals surface area contributed by atoms with Gasteiger partial charge < -0.3 is 4.74 Å². The Bertz CT molecular complexity index is 886. The van der Waals surface area contributed by atoms with E-state index >= 15 is 8.78 Å². The molecule has 8 heteroatoms. The van der Waals surface area contributed by atoms with E-state index in [1.807, 2.05) is 6.07 Å². The summed E-state index contributed by atoms with van der Waals surface area (Å²) in [5, 5.41) is 4.16. The molecule has 0 radical (unpaired) electrons. The van der Waals surface area contributed by atoms with Crippen molar-refractivity contribution in [3.05, 3.63) is 40.4 Å². The molecule has 1 saturated carbocycles. The first-order valence-electron chi connectivity index (χ1n) is 9.02. The Labute approximate surface area is 160 Å². The zero-order valence-corrected chi connectivity index (χ0v) is 15.7. The molecule has 0 amide bonds. The van der Waals surface area contributed by atoms with Crippen LogP contribution >= 0.6 is 11.6 Å². The number of hydrogen-bond donors (Lipinski definition) is 0. The van der Waals surface area contributed by atoms with Gasteiger partial charge in [0.15, 0.2) is 17.7 Å². The molecule has 2 aromatic rings. The van der Waals surface area contributed by atoms with E-state index in [1.54, 1.807) is 6.20 Å². The SMILES string of the molecule is CC12CCCCC1c1ccnn1CC(F)(F)c1ncc(Cl)c(C=O)c1OC2. The van der Waals surface area contributed by atoms with Crippen LogP contribution < -0.4 is 4.74 Å². The van der Waals surface area contributed by atoms with Crippen LogP contribution in [0.15, 0.2) is 18.5 Å². The van der Waals surface area contributed by atoms with Gasteiger partial charge in [-0.25, -0.2) is 4.98 Å². The maximum atomic E-state index is 15.1. The molecule has 27 heavy (non-hydrogen) atoms. The molecule has 0 spiro atoms. The Morgan fingerprint density at radius 3 is 3.00 bits per heavy atom. The molecule has 3 heterocycles. The van der Waals surface area contributed by atoms with Crippen LogP contribution in [-0.2, 0) is 12.5 Å². The lowest BCUT2D eigenvalue weighted by Gasteiger charge is -2.42. The van der Waals surface area contributed by atoms with Crippen LogP contribution in [0.25, 0.3) is 0 Å². The molecule has 0 bridgehead atoms. The van der Waals surface area contributed by atoms with E-state index < -0.39 is 18.2 Å². The lowest BCUT2D eigenvalue weighted by molar-refractivity contribution is -0.0384. The molecule has 0 N–H and O–H groups in total. The summed E-state index contributed by atoms with van der Waals surface area (Å²) < 4.78 is 37.5. The summed E-state index contributed by atoms with van der Waals surface area (Å²) in [6.45, 7) is 1.64. The van der Waals surface area contributed by atoms with Gasteiger partial charge in [0.1, 0.15) is 6.54 Å². The second-order valence-corrected chi connectivity index (χ2v) is 8.08. The molecule has 5 nitrogen and oxygen atoms in total. The molecule has 2 aromatic heterocycles. The summed E-state index contributed by atoms with van der Waals surface area (Å²) in [4.78, 5) is 15.4. The number of aldehydes is 1. The molecule has 2 aliphatic rings. The number of fused-ring (bicyclic) bond motifs is 4. The van der Waals surface area contributed by atoms with Crippen molar-refractivity contribution in [1.82, 2.24) is 14.8 Å². The van der Waals surface area contributed by atoms with Crippen molar-refractivity contribution in [3.63, 3.8) is 0 Å². The van der Waals surface area contributed by atoms with Crippen LogP contribution in [0.1, 0.15) is 60.3 Å². The summed E-state index contributed by atoms with van der Waals surface area (Å²) in [6, 6.07) is 1.82. The minimum atomic E-state index is -3.36. The number of nitrogens with zero attached hydrogens (tertiary/aromatic N) is 3. The van der Waals surface area contributed by atoms with Crippen molar-refractivity contribution in [3.8, 4) is 5.75 Å². The lowest BCUT2D eigenvalue weighted by atomic mass is 9.66. The Morgan fingerprint density at radius 1 is 1.41 bits per heavy atom. The first kappa shape index (κ1) is 18.3. The molecule has 1 aliphatic carbocycles. The number of aromatic nitrogens is 3. The van der Waals surface area contributed by atoms with Gasteiger partial charge in [-0.3, -0.25) is 9.48 Å². The molecule has 0 aromatic carbocycles. The molecule has 1 aliphatic heterocycles. The van der Waals surface area contributed by atoms with Gasteiger partial charge >= 0.3 is 5.92 Å². The van der Waals surface area contributed by atoms with E-state index in [0.717, 1.165) is 37.6 Å². The average molecular weight is 396 g/mol. The highest BCUT2D eigenvalue weighted by Crippen LogP contribution is 2.49. The maximum absolute atomic E-state index is 15.1. The van der Waals surface area contributed by atoms with Gasteiger partial charge in [-0.05, 0) is 18.9 Å².